The first-order chi connectivity index (χ1) is 11.7. The summed E-state index contributed by atoms with van der Waals surface area (Å²) in [6.45, 7) is 4.49. The van der Waals surface area contributed by atoms with Crippen molar-refractivity contribution < 1.29 is 0 Å². The molecule has 3 aromatic rings. The lowest BCUT2D eigenvalue weighted by Crippen LogP contribution is -2.25. The molecule has 0 aliphatic carbocycles. The van der Waals surface area contributed by atoms with Gasteiger partial charge < -0.3 is 0 Å². The summed E-state index contributed by atoms with van der Waals surface area (Å²) >= 11 is 0. The van der Waals surface area contributed by atoms with Gasteiger partial charge in [-0.2, -0.15) is 0 Å². The van der Waals surface area contributed by atoms with E-state index < -0.39 is 0 Å². The van der Waals surface area contributed by atoms with Gasteiger partial charge in [-0.15, -0.1) is 0 Å². The van der Waals surface area contributed by atoms with Crippen LogP contribution in [0.1, 0.15) is 24.5 Å². The van der Waals surface area contributed by atoms with Crippen LogP contribution in [0.4, 0.5) is 0 Å². The number of hydrogen-bond donors (Lipinski definition) is 0. The van der Waals surface area contributed by atoms with Crippen LogP contribution >= 0.6 is 0 Å². The maximum atomic E-state index is 4.44. The zero-order chi connectivity index (χ0) is 16.6. The van der Waals surface area contributed by atoms with Crippen molar-refractivity contribution >= 4 is 17.0 Å². The molecule has 0 bridgehead atoms. The van der Waals surface area contributed by atoms with Crippen molar-refractivity contribution in [1.29, 1.82) is 0 Å². The lowest BCUT2D eigenvalue weighted by atomic mass is 9.75. The van der Waals surface area contributed by atoms with Gasteiger partial charge in [0.05, 0.1) is 0 Å². The van der Waals surface area contributed by atoms with E-state index in [2.05, 4.69) is 91.8 Å². The zero-order valence-electron chi connectivity index (χ0n) is 14.2. The highest BCUT2D eigenvalue weighted by atomic mass is 14.7. The quantitative estimate of drug-likeness (QED) is 0.545. The summed E-state index contributed by atoms with van der Waals surface area (Å²) < 4.78 is 0. The molecule has 1 heteroatoms. The Morgan fingerprint density at radius 3 is 2.50 bits per heavy atom. The Hall–Kier alpha value is -2.67. The van der Waals surface area contributed by atoms with E-state index in [1.54, 1.807) is 0 Å². The van der Waals surface area contributed by atoms with Crippen molar-refractivity contribution in [3.63, 3.8) is 0 Å². The molecule has 24 heavy (non-hydrogen) atoms. The third-order valence-corrected chi connectivity index (χ3v) is 5.00. The van der Waals surface area contributed by atoms with E-state index in [4.69, 9.17) is 0 Å². The molecule has 3 aromatic carbocycles. The van der Waals surface area contributed by atoms with Gasteiger partial charge in [-0.3, -0.25) is 4.99 Å². The summed E-state index contributed by atoms with van der Waals surface area (Å²) in [5, 5.41) is 2.66. The van der Waals surface area contributed by atoms with Crippen LogP contribution in [-0.4, -0.2) is 6.21 Å². The first-order valence-corrected chi connectivity index (χ1v) is 8.46. The lowest BCUT2D eigenvalue weighted by molar-refractivity contribution is 0.661. The van der Waals surface area contributed by atoms with Gasteiger partial charge in [0.1, 0.15) is 0 Å². The average Bonchev–Trinajstić information content (AvgIpc) is 2.62. The van der Waals surface area contributed by atoms with Gasteiger partial charge in [-0.05, 0) is 58.5 Å². The Bertz CT molecular complexity index is 950. The number of aryl methyl sites for hydroxylation is 1. The molecule has 0 fully saturated rings. The third kappa shape index (κ3) is 2.46. The monoisotopic (exact) mass is 311 g/mol. The predicted molar refractivity (Wildman–Crippen MR) is 104 cm³/mol. The predicted octanol–water partition coefficient (Wildman–Crippen LogP) is 6.06. The molecular formula is C23H21N. The summed E-state index contributed by atoms with van der Waals surface area (Å²) in [7, 11) is 0. The van der Waals surface area contributed by atoms with Gasteiger partial charge in [0, 0.05) is 17.8 Å². The third-order valence-electron chi connectivity index (χ3n) is 5.00. The van der Waals surface area contributed by atoms with Gasteiger partial charge >= 0.3 is 0 Å². The van der Waals surface area contributed by atoms with Crippen molar-refractivity contribution in [3.05, 3.63) is 84.1 Å². The minimum absolute atomic E-state index is 0.0656. The maximum absolute atomic E-state index is 4.44. The Morgan fingerprint density at radius 2 is 1.75 bits per heavy atom. The Morgan fingerprint density at radius 1 is 0.917 bits per heavy atom. The van der Waals surface area contributed by atoms with Crippen LogP contribution in [0.5, 0.6) is 0 Å². The van der Waals surface area contributed by atoms with E-state index in [1.165, 1.54) is 33.0 Å². The number of allylic oxidation sites excluding steroid dienone is 1. The fourth-order valence-corrected chi connectivity index (χ4v) is 3.66. The molecule has 1 heterocycles. The molecule has 0 amide bonds. The Kier molecular flexibility index (Phi) is 3.57. The summed E-state index contributed by atoms with van der Waals surface area (Å²) in [5.41, 5.74) is 5.16. The van der Waals surface area contributed by atoms with Crippen molar-refractivity contribution in [2.24, 2.45) is 4.99 Å². The van der Waals surface area contributed by atoms with Crippen LogP contribution in [0.3, 0.4) is 0 Å². The highest BCUT2D eigenvalue weighted by molar-refractivity contribution is 5.96. The second-order valence-corrected chi connectivity index (χ2v) is 6.85. The van der Waals surface area contributed by atoms with Crippen molar-refractivity contribution in [3.8, 4) is 11.1 Å². The molecule has 1 unspecified atom stereocenters. The number of hydrogen-bond acceptors (Lipinski definition) is 1. The molecule has 0 aromatic heterocycles. The van der Waals surface area contributed by atoms with Gasteiger partial charge in [0.2, 0.25) is 0 Å². The highest BCUT2D eigenvalue weighted by Crippen LogP contribution is 2.38. The van der Waals surface area contributed by atoms with Crippen molar-refractivity contribution in [1.82, 2.24) is 0 Å². The summed E-state index contributed by atoms with van der Waals surface area (Å²) in [5.74, 6) is 0. The minimum Gasteiger partial charge on any atom is -0.268 e. The van der Waals surface area contributed by atoms with E-state index in [9.17, 15) is 0 Å². The van der Waals surface area contributed by atoms with Crippen LogP contribution in [-0.2, 0) is 5.41 Å². The Balaban J connectivity index is 2.03. The molecule has 0 spiro atoms. The first kappa shape index (κ1) is 14.9. The standard InChI is InChI=1S/C23H21N/c1-17-8-6-11-19-14-20(18-9-4-3-5-10-18)15-21(22(17)19)23(2)12-7-13-24-16-23/h3-11,13-16H,12H2,1-2H3. The van der Waals surface area contributed by atoms with E-state index in [0.717, 1.165) is 6.42 Å². The molecule has 1 aliphatic heterocycles. The lowest BCUT2D eigenvalue weighted by Gasteiger charge is -2.29. The number of benzene rings is 3. The largest absolute Gasteiger partial charge is 0.268 e. The van der Waals surface area contributed by atoms with Crippen LogP contribution in [0, 0.1) is 6.92 Å². The summed E-state index contributed by atoms with van der Waals surface area (Å²) in [6.07, 6.45) is 7.15. The van der Waals surface area contributed by atoms with Crippen LogP contribution in [0.15, 0.2) is 77.9 Å². The van der Waals surface area contributed by atoms with Crippen molar-refractivity contribution in [2.75, 3.05) is 0 Å². The zero-order valence-corrected chi connectivity index (χ0v) is 14.2. The average molecular weight is 311 g/mol. The van der Waals surface area contributed by atoms with Crippen LogP contribution in [0.2, 0.25) is 0 Å². The minimum atomic E-state index is -0.0656. The van der Waals surface area contributed by atoms with Gasteiger partial charge in [0.25, 0.3) is 0 Å². The van der Waals surface area contributed by atoms with E-state index in [-0.39, 0.29) is 5.41 Å². The summed E-state index contributed by atoms with van der Waals surface area (Å²) in [6, 6.07) is 21.9. The summed E-state index contributed by atoms with van der Waals surface area (Å²) in [4.78, 5) is 4.44. The van der Waals surface area contributed by atoms with E-state index in [1.807, 2.05) is 6.20 Å². The van der Waals surface area contributed by atoms with Crippen LogP contribution in [0.25, 0.3) is 21.9 Å². The number of aliphatic imine (C=N–C) groups is 1. The fraction of sp³-hybridized carbons (Fsp3) is 0.174. The number of rotatable bonds is 2. The topological polar surface area (TPSA) is 12.4 Å². The molecular weight excluding hydrogens is 290 g/mol. The van der Waals surface area contributed by atoms with Gasteiger partial charge in [-0.1, -0.05) is 61.5 Å². The number of fused-ring (bicyclic) bond motifs is 1. The smallest absolute Gasteiger partial charge is 0.0319 e. The molecule has 0 saturated heterocycles. The van der Waals surface area contributed by atoms with Gasteiger partial charge in [0.15, 0.2) is 0 Å². The molecule has 0 saturated carbocycles. The fourth-order valence-electron chi connectivity index (χ4n) is 3.66. The van der Waals surface area contributed by atoms with Crippen LogP contribution < -0.4 is 0 Å². The number of nitrogens with zero attached hydrogens (tertiary/aromatic N) is 1. The van der Waals surface area contributed by atoms with Crippen molar-refractivity contribution in [2.45, 2.75) is 25.7 Å². The Labute approximate surface area is 143 Å². The molecule has 1 atom stereocenters. The second-order valence-electron chi connectivity index (χ2n) is 6.85. The maximum Gasteiger partial charge on any atom is 0.0319 e. The second kappa shape index (κ2) is 5.76. The van der Waals surface area contributed by atoms with E-state index in [0.29, 0.717) is 0 Å². The first-order valence-electron chi connectivity index (χ1n) is 8.46. The molecule has 0 N–H and O–H groups in total. The normalized spacial score (nSPS) is 19.8. The highest BCUT2D eigenvalue weighted by Gasteiger charge is 2.28. The van der Waals surface area contributed by atoms with Gasteiger partial charge in [-0.25, -0.2) is 0 Å². The molecule has 0 radical (unpaired) electrons. The molecule has 4 rings (SSSR count). The molecule has 1 nitrogen and oxygen atoms in total. The van der Waals surface area contributed by atoms with E-state index >= 15 is 0 Å². The SMILES string of the molecule is Cc1cccc2cc(-c3ccccc3)cc(C3(C)C=NC=CC3)c12. The molecule has 118 valence electrons. The molecule has 1 aliphatic rings.